The van der Waals surface area contributed by atoms with Gasteiger partial charge in [-0.1, -0.05) is 27.7 Å². The van der Waals surface area contributed by atoms with Gasteiger partial charge in [-0.05, 0) is 30.3 Å². The van der Waals surface area contributed by atoms with Crippen molar-refractivity contribution in [2.75, 3.05) is 11.9 Å². The highest BCUT2D eigenvalue weighted by Crippen LogP contribution is 2.33. The highest BCUT2D eigenvalue weighted by atomic mass is 79.9. The number of carbonyl (C=O) groups excluding carboxylic acids is 1. The molecule has 2 aromatic rings. The van der Waals surface area contributed by atoms with Crippen molar-refractivity contribution in [3.8, 4) is 0 Å². The first-order valence-corrected chi connectivity index (χ1v) is 7.95. The molecule has 22 heavy (non-hydrogen) atoms. The summed E-state index contributed by atoms with van der Waals surface area (Å²) in [7, 11) is 1.71. The molecular formula is C15H13BrN2O3S. The fourth-order valence-corrected chi connectivity index (χ4v) is 3.30. The molecule has 114 valence electrons. The molecule has 0 fully saturated rings. The second-order valence-electron chi connectivity index (χ2n) is 4.58. The van der Waals surface area contributed by atoms with Crippen LogP contribution in [0.2, 0.25) is 0 Å². The molecule has 0 aliphatic carbocycles. The molecule has 0 aliphatic rings. The number of nitro groups is 1. The number of non-ortho nitro benzene ring substituents is 1. The Morgan fingerprint density at radius 3 is 2.36 bits per heavy atom. The van der Waals surface area contributed by atoms with Crippen molar-refractivity contribution < 1.29 is 9.72 Å². The van der Waals surface area contributed by atoms with Gasteiger partial charge >= 0.3 is 0 Å². The fourth-order valence-electron chi connectivity index (χ4n) is 1.75. The Hall–Kier alpha value is -1.86. The molecule has 0 heterocycles. The maximum atomic E-state index is 11.5. The highest BCUT2D eigenvalue weighted by Gasteiger charge is 2.10. The maximum absolute atomic E-state index is 11.5. The van der Waals surface area contributed by atoms with Gasteiger partial charge in [0.25, 0.3) is 5.69 Å². The zero-order valence-corrected chi connectivity index (χ0v) is 14.3. The number of hydrogen-bond acceptors (Lipinski definition) is 4. The third-order valence-corrected chi connectivity index (χ3v) is 4.44. The second kappa shape index (κ2) is 6.93. The largest absolute Gasteiger partial charge is 0.316 e. The van der Waals surface area contributed by atoms with Gasteiger partial charge in [0.2, 0.25) is 5.91 Å². The average Bonchev–Trinajstić information content (AvgIpc) is 2.46. The Balaban J connectivity index is 2.25. The van der Waals surface area contributed by atoms with E-state index in [1.807, 2.05) is 18.2 Å². The number of nitrogens with zero attached hydrogens (tertiary/aromatic N) is 2. The summed E-state index contributed by atoms with van der Waals surface area (Å²) in [4.78, 5) is 25.1. The van der Waals surface area contributed by atoms with Crippen LogP contribution in [0.25, 0.3) is 0 Å². The van der Waals surface area contributed by atoms with Gasteiger partial charge in [0, 0.05) is 46.1 Å². The van der Waals surface area contributed by atoms with Crippen LogP contribution in [0, 0.1) is 10.1 Å². The third-order valence-electron chi connectivity index (χ3n) is 3.00. The van der Waals surface area contributed by atoms with Crippen molar-refractivity contribution in [3.63, 3.8) is 0 Å². The average molecular weight is 381 g/mol. The molecule has 0 radical (unpaired) electrons. The topological polar surface area (TPSA) is 63.5 Å². The van der Waals surface area contributed by atoms with Gasteiger partial charge in [-0.3, -0.25) is 14.9 Å². The van der Waals surface area contributed by atoms with Gasteiger partial charge in [-0.25, -0.2) is 0 Å². The minimum Gasteiger partial charge on any atom is -0.316 e. The molecule has 0 aromatic heterocycles. The fraction of sp³-hybridized carbons (Fsp3) is 0.133. The number of anilines is 1. The van der Waals surface area contributed by atoms with Gasteiger partial charge in [0.1, 0.15) is 0 Å². The predicted octanol–water partition coefficient (Wildman–Crippen LogP) is 4.49. The number of carbonyl (C=O) groups is 1. The van der Waals surface area contributed by atoms with E-state index in [1.54, 1.807) is 24.1 Å². The number of rotatable bonds is 4. The molecule has 0 unspecified atom stereocenters. The Kier molecular flexibility index (Phi) is 5.20. The van der Waals surface area contributed by atoms with Crippen LogP contribution in [0.5, 0.6) is 0 Å². The molecule has 2 rings (SSSR count). The van der Waals surface area contributed by atoms with Gasteiger partial charge in [0.15, 0.2) is 0 Å². The standard InChI is InChI=1S/C15H13BrN2O3S/c1-10(19)17(2)13-7-11(16)8-15(9-13)22-14-5-3-12(4-6-14)18(20)21/h3-9H,1-2H3. The van der Waals surface area contributed by atoms with E-state index in [1.165, 1.54) is 30.8 Å². The zero-order chi connectivity index (χ0) is 16.3. The first-order valence-electron chi connectivity index (χ1n) is 6.34. The molecule has 0 saturated heterocycles. The molecule has 2 aromatic carbocycles. The summed E-state index contributed by atoms with van der Waals surface area (Å²) < 4.78 is 0.863. The van der Waals surface area contributed by atoms with Crippen molar-refractivity contribution >= 4 is 45.0 Å². The van der Waals surface area contributed by atoms with E-state index in [-0.39, 0.29) is 11.6 Å². The zero-order valence-electron chi connectivity index (χ0n) is 11.9. The summed E-state index contributed by atoms with van der Waals surface area (Å²) in [5.41, 5.74) is 0.849. The molecule has 0 saturated carbocycles. The SMILES string of the molecule is CC(=O)N(C)c1cc(Br)cc(Sc2ccc([N+](=O)[O-])cc2)c1. The molecule has 0 aliphatic heterocycles. The van der Waals surface area contributed by atoms with Gasteiger partial charge < -0.3 is 4.90 Å². The van der Waals surface area contributed by atoms with Crippen LogP contribution in [0.4, 0.5) is 11.4 Å². The Labute approximate surface area is 140 Å². The summed E-state index contributed by atoms with van der Waals surface area (Å²) in [6, 6.07) is 12.1. The molecule has 7 heteroatoms. The van der Waals surface area contributed by atoms with E-state index in [2.05, 4.69) is 15.9 Å². The minimum absolute atomic E-state index is 0.0515. The first kappa shape index (κ1) is 16.5. The summed E-state index contributed by atoms with van der Waals surface area (Å²) in [6.45, 7) is 1.50. The molecular weight excluding hydrogens is 368 g/mol. The first-order chi connectivity index (χ1) is 10.4. The molecule has 1 amide bonds. The van der Waals surface area contributed by atoms with E-state index in [0.29, 0.717) is 0 Å². The third kappa shape index (κ3) is 4.08. The summed E-state index contributed by atoms with van der Waals surface area (Å²) >= 11 is 4.91. The van der Waals surface area contributed by atoms with Gasteiger partial charge in [-0.2, -0.15) is 0 Å². The van der Waals surface area contributed by atoms with E-state index in [4.69, 9.17) is 0 Å². The second-order valence-corrected chi connectivity index (χ2v) is 6.64. The Bertz CT molecular complexity index is 719. The molecule has 0 N–H and O–H groups in total. The lowest BCUT2D eigenvalue weighted by atomic mass is 10.3. The van der Waals surface area contributed by atoms with Crippen LogP contribution < -0.4 is 4.90 Å². The van der Waals surface area contributed by atoms with Crippen LogP contribution in [-0.2, 0) is 4.79 Å². The van der Waals surface area contributed by atoms with Gasteiger partial charge in [0.05, 0.1) is 4.92 Å². The van der Waals surface area contributed by atoms with Gasteiger partial charge in [-0.15, -0.1) is 0 Å². The number of benzene rings is 2. The lowest BCUT2D eigenvalue weighted by Gasteiger charge is -2.16. The summed E-state index contributed by atoms with van der Waals surface area (Å²) in [5, 5.41) is 10.7. The molecule has 0 atom stereocenters. The van der Waals surface area contributed by atoms with Crippen LogP contribution in [0.1, 0.15) is 6.92 Å². The van der Waals surface area contributed by atoms with Crippen LogP contribution in [0.15, 0.2) is 56.7 Å². The van der Waals surface area contributed by atoms with Crippen molar-refractivity contribution in [1.82, 2.24) is 0 Å². The monoisotopic (exact) mass is 380 g/mol. The van der Waals surface area contributed by atoms with Crippen LogP contribution >= 0.6 is 27.7 Å². The lowest BCUT2D eigenvalue weighted by Crippen LogP contribution is -2.22. The Morgan fingerprint density at radius 1 is 1.18 bits per heavy atom. The quantitative estimate of drug-likeness (QED) is 0.578. The molecule has 0 bridgehead atoms. The number of nitro benzene ring substituents is 1. The summed E-state index contributed by atoms with van der Waals surface area (Å²) in [5.74, 6) is -0.0515. The van der Waals surface area contributed by atoms with Crippen LogP contribution in [-0.4, -0.2) is 17.9 Å². The van der Waals surface area contributed by atoms with Crippen molar-refractivity contribution in [1.29, 1.82) is 0 Å². The van der Waals surface area contributed by atoms with Crippen molar-refractivity contribution in [3.05, 3.63) is 57.1 Å². The molecule has 5 nitrogen and oxygen atoms in total. The van der Waals surface area contributed by atoms with E-state index in [0.717, 1.165) is 20.0 Å². The maximum Gasteiger partial charge on any atom is 0.269 e. The van der Waals surface area contributed by atoms with E-state index < -0.39 is 4.92 Å². The highest BCUT2D eigenvalue weighted by molar-refractivity contribution is 9.10. The normalized spacial score (nSPS) is 10.3. The number of hydrogen-bond donors (Lipinski definition) is 0. The smallest absolute Gasteiger partial charge is 0.269 e. The lowest BCUT2D eigenvalue weighted by molar-refractivity contribution is -0.384. The minimum atomic E-state index is -0.423. The molecule has 0 spiro atoms. The number of halogens is 1. The van der Waals surface area contributed by atoms with E-state index in [9.17, 15) is 14.9 Å². The summed E-state index contributed by atoms with van der Waals surface area (Å²) in [6.07, 6.45) is 0. The Morgan fingerprint density at radius 2 is 1.82 bits per heavy atom. The van der Waals surface area contributed by atoms with E-state index >= 15 is 0 Å². The number of amides is 1. The van der Waals surface area contributed by atoms with Crippen molar-refractivity contribution in [2.24, 2.45) is 0 Å². The predicted molar refractivity (Wildman–Crippen MR) is 90.4 cm³/mol. The van der Waals surface area contributed by atoms with Crippen molar-refractivity contribution in [2.45, 2.75) is 16.7 Å². The van der Waals surface area contributed by atoms with Crippen LogP contribution in [0.3, 0.4) is 0 Å².